The van der Waals surface area contributed by atoms with Gasteiger partial charge in [-0.15, -0.1) is 11.8 Å². The van der Waals surface area contributed by atoms with Crippen LogP contribution in [-0.4, -0.2) is 17.4 Å². The van der Waals surface area contributed by atoms with Crippen LogP contribution in [-0.2, 0) is 0 Å². The van der Waals surface area contributed by atoms with E-state index < -0.39 is 0 Å². The van der Waals surface area contributed by atoms with Crippen LogP contribution in [0.15, 0.2) is 41.3 Å². The number of phenols is 1. The van der Waals surface area contributed by atoms with Crippen LogP contribution in [0.1, 0.15) is 44.9 Å². The molecule has 1 aromatic rings. The van der Waals surface area contributed by atoms with Crippen LogP contribution < -0.4 is 5.73 Å². The number of allylic oxidation sites excluding steroid dienone is 2. The van der Waals surface area contributed by atoms with Gasteiger partial charge in [-0.25, -0.2) is 0 Å². The van der Waals surface area contributed by atoms with Gasteiger partial charge in [-0.1, -0.05) is 30.7 Å². The molecule has 20 heavy (non-hydrogen) atoms. The molecular weight excluding hydrogens is 266 g/mol. The summed E-state index contributed by atoms with van der Waals surface area (Å²) in [7, 11) is 0. The Balaban J connectivity index is 1.94. The number of thioether (sulfide) groups is 1. The van der Waals surface area contributed by atoms with Crippen molar-refractivity contribution in [2.75, 3.05) is 12.3 Å². The number of para-hydroxylation sites is 1. The highest BCUT2D eigenvalue weighted by atomic mass is 32.2. The molecule has 0 saturated carbocycles. The molecular formula is C17H27NOS. The highest BCUT2D eigenvalue weighted by molar-refractivity contribution is 7.99. The minimum absolute atomic E-state index is 0.401. The van der Waals surface area contributed by atoms with Crippen LogP contribution in [0.3, 0.4) is 0 Å². The van der Waals surface area contributed by atoms with Gasteiger partial charge < -0.3 is 10.8 Å². The highest BCUT2D eigenvalue weighted by Gasteiger charge is 1.99. The molecule has 0 amide bonds. The molecule has 0 unspecified atom stereocenters. The molecule has 0 aliphatic carbocycles. The second-order valence-corrected chi connectivity index (χ2v) is 6.06. The average molecular weight is 293 g/mol. The molecule has 0 bridgehead atoms. The second kappa shape index (κ2) is 11.9. The number of hydrogen-bond donors (Lipinski definition) is 2. The summed E-state index contributed by atoms with van der Waals surface area (Å²) in [5.74, 6) is 1.48. The summed E-state index contributed by atoms with van der Waals surface area (Å²) in [5, 5.41) is 9.63. The van der Waals surface area contributed by atoms with Gasteiger partial charge in [0.15, 0.2) is 0 Å². The van der Waals surface area contributed by atoms with E-state index in [1.807, 2.05) is 18.2 Å². The predicted octanol–water partition coefficient (Wildman–Crippen LogP) is 4.73. The van der Waals surface area contributed by atoms with Crippen molar-refractivity contribution in [2.24, 2.45) is 5.73 Å². The molecule has 0 fully saturated rings. The summed E-state index contributed by atoms with van der Waals surface area (Å²) in [5.41, 5.74) is 5.45. The van der Waals surface area contributed by atoms with Gasteiger partial charge in [0.2, 0.25) is 0 Å². The molecule has 2 nitrogen and oxygen atoms in total. The van der Waals surface area contributed by atoms with Gasteiger partial charge in [0.25, 0.3) is 0 Å². The molecule has 3 N–H and O–H groups in total. The second-order valence-electron chi connectivity index (χ2n) is 4.92. The van der Waals surface area contributed by atoms with E-state index in [2.05, 4.69) is 12.2 Å². The van der Waals surface area contributed by atoms with Crippen molar-refractivity contribution in [1.82, 2.24) is 0 Å². The van der Waals surface area contributed by atoms with E-state index in [4.69, 9.17) is 5.73 Å². The predicted molar refractivity (Wildman–Crippen MR) is 89.3 cm³/mol. The molecule has 0 saturated heterocycles. The molecule has 0 heterocycles. The van der Waals surface area contributed by atoms with Crippen LogP contribution >= 0.6 is 11.8 Å². The standard InChI is InChI=1S/C17H27NOS/c18-14-10-6-4-2-1-3-5-7-11-15-20-17-13-9-8-12-16(17)19/h1-2,8-9,12-13,19H,3-7,10-11,14-15,18H2. The maximum absolute atomic E-state index is 9.63. The molecule has 0 aliphatic rings. The number of aromatic hydroxyl groups is 1. The molecule has 1 rings (SSSR count). The number of nitrogens with two attached hydrogens (primary N) is 1. The Morgan fingerprint density at radius 1 is 0.950 bits per heavy atom. The van der Waals surface area contributed by atoms with Crippen molar-refractivity contribution < 1.29 is 5.11 Å². The monoisotopic (exact) mass is 293 g/mol. The molecule has 0 aromatic heterocycles. The van der Waals surface area contributed by atoms with Crippen molar-refractivity contribution >= 4 is 11.8 Å². The van der Waals surface area contributed by atoms with Crippen molar-refractivity contribution in [3.63, 3.8) is 0 Å². The number of rotatable bonds is 11. The lowest BCUT2D eigenvalue weighted by molar-refractivity contribution is 0.462. The van der Waals surface area contributed by atoms with Crippen LogP contribution in [0.2, 0.25) is 0 Å². The minimum Gasteiger partial charge on any atom is -0.507 e. The first kappa shape index (κ1) is 17.1. The first-order valence-electron chi connectivity index (χ1n) is 7.60. The van der Waals surface area contributed by atoms with Gasteiger partial charge in [0.05, 0.1) is 0 Å². The van der Waals surface area contributed by atoms with Crippen molar-refractivity contribution in [3.8, 4) is 5.75 Å². The lowest BCUT2D eigenvalue weighted by Crippen LogP contribution is -1.96. The third-order valence-electron chi connectivity index (χ3n) is 3.13. The van der Waals surface area contributed by atoms with Gasteiger partial charge in [0, 0.05) is 4.90 Å². The molecule has 1 aromatic carbocycles. The lowest BCUT2D eigenvalue weighted by Gasteiger charge is -2.03. The fourth-order valence-corrected chi connectivity index (χ4v) is 2.90. The summed E-state index contributed by atoms with van der Waals surface area (Å²) in [4.78, 5) is 0.993. The molecule has 0 radical (unpaired) electrons. The first-order valence-corrected chi connectivity index (χ1v) is 8.59. The number of unbranched alkanes of at least 4 members (excludes halogenated alkanes) is 5. The van der Waals surface area contributed by atoms with Gasteiger partial charge in [0.1, 0.15) is 5.75 Å². The summed E-state index contributed by atoms with van der Waals surface area (Å²) < 4.78 is 0. The average Bonchev–Trinajstić information content (AvgIpc) is 2.46. The van der Waals surface area contributed by atoms with E-state index in [-0.39, 0.29) is 0 Å². The van der Waals surface area contributed by atoms with Crippen molar-refractivity contribution in [3.05, 3.63) is 36.4 Å². The molecule has 3 heteroatoms. The van der Waals surface area contributed by atoms with E-state index in [1.165, 1.54) is 38.5 Å². The Hall–Kier alpha value is -0.930. The van der Waals surface area contributed by atoms with E-state index in [1.54, 1.807) is 17.8 Å². The van der Waals surface area contributed by atoms with Crippen LogP contribution in [0, 0.1) is 0 Å². The van der Waals surface area contributed by atoms with Crippen LogP contribution in [0.4, 0.5) is 0 Å². The summed E-state index contributed by atoms with van der Waals surface area (Å²) in [6.07, 6.45) is 13.0. The number of benzene rings is 1. The van der Waals surface area contributed by atoms with Gasteiger partial charge in [-0.2, -0.15) is 0 Å². The van der Waals surface area contributed by atoms with Gasteiger partial charge in [-0.05, 0) is 63.0 Å². The topological polar surface area (TPSA) is 46.2 Å². The molecule has 112 valence electrons. The maximum atomic E-state index is 9.63. The SMILES string of the molecule is NCCCCC=CCCCCCSc1ccccc1O. The van der Waals surface area contributed by atoms with Gasteiger partial charge in [-0.3, -0.25) is 0 Å². The Morgan fingerprint density at radius 2 is 1.65 bits per heavy atom. The van der Waals surface area contributed by atoms with E-state index in [9.17, 15) is 5.11 Å². The van der Waals surface area contributed by atoms with Gasteiger partial charge >= 0.3 is 0 Å². The molecule has 0 spiro atoms. The van der Waals surface area contributed by atoms with Crippen molar-refractivity contribution in [2.45, 2.75) is 49.8 Å². The van der Waals surface area contributed by atoms with E-state index >= 15 is 0 Å². The minimum atomic E-state index is 0.401. The third-order valence-corrected chi connectivity index (χ3v) is 4.28. The highest BCUT2D eigenvalue weighted by Crippen LogP contribution is 2.28. The summed E-state index contributed by atoms with van der Waals surface area (Å²) in [6.45, 7) is 0.808. The van der Waals surface area contributed by atoms with Crippen LogP contribution in [0.25, 0.3) is 0 Å². The normalized spacial score (nSPS) is 11.2. The molecule has 0 aliphatic heterocycles. The Kier molecular flexibility index (Phi) is 10.2. The quantitative estimate of drug-likeness (QED) is 0.352. The fraction of sp³-hybridized carbons (Fsp3) is 0.529. The summed E-state index contributed by atoms with van der Waals surface area (Å²) in [6, 6.07) is 7.55. The Bertz CT molecular complexity index is 379. The fourth-order valence-electron chi connectivity index (χ4n) is 1.94. The zero-order valence-electron chi connectivity index (χ0n) is 12.3. The summed E-state index contributed by atoms with van der Waals surface area (Å²) >= 11 is 1.74. The number of hydrogen-bond acceptors (Lipinski definition) is 3. The van der Waals surface area contributed by atoms with E-state index in [0.29, 0.717) is 5.75 Å². The van der Waals surface area contributed by atoms with E-state index in [0.717, 1.165) is 23.6 Å². The smallest absolute Gasteiger partial charge is 0.129 e. The largest absolute Gasteiger partial charge is 0.507 e. The molecule has 0 atom stereocenters. The van der Waals surface area contributed by atoms with Crippen LogP contribution in [0.5, 0.6) is 5.75 Å². The van der Waals surface area contributed by atoms with Crippen molar-refractivity contribution in [1.29, 1.82) is 0 Å². The first-order chi connectivity index (χ1) is 9.84. The zero-order chi connectivity index (χ0) is 14.5. The Labute approximate surface area is 127 Å². The maximum Gasteiger partial charge on any atom is 0.129 e. The third kappa shape index (κ3) is 8.28. The zero-order valence-corrected chi connectivity index (χ0v) is 13.1. The lowest BCUT2D eigenvalue weighted by atomic mass is 10.1. The number of phenolic OH excluding ortho intramolecular Hbond substituents is 1. The Morgan fingerprint density at radius 3 is 2.35 bits per heavy atom.